The molecule has 1 aromatic rings. The number of carbonyl (C=O) groups excluding carboxylic acids is 1. The highest BCUT2D eigenvalue weighted by atomic mass is 19.4. The van der Waals surface area contributed by atoms with Gasteiger partial charge in [0.1, 0.15) is 0 Å². The van der Waals surface area contributed by atoms with Gasteiger partial charge in [-0.1, -0.05) is 6.42 Å². The van der Waals surface area contributed by atoms with Gasteiger partial charge in [0.05, 0.1) is 12.2 Å². The maximum Gasteiger partial charge on any atom is 0.391 e. The highest BCUT2D eigenvalue weighted by molar-refractivity contribution is 5.91. The smallest absolute Gasteiger partial charge is 0.391 e. The Labute approximate surface area is 121 Å². The number of nitrogens with one attached hydrogen (secondary N) is 2. The zero-order valence-corrected chi connectivity index (χ0v) is 11.6. The van der Waals surface area contributed by atoms with Crippen LogP contribution in [0.1, 0.15) is 36.2 Å². The topological polar surface area (TPSA) is 54.3 Å². The molecule has 0 radical (unpaired) electrons. The lowest BCUT2D eigenvalue weighted by Crippen LogP contribution is -2.41. The van der Waals surface area contributed by atoms with E-state index in [1.165, 1.54) is 6.26 Å². The van der Waals surface area contributed by atoms with Crippen LogP contribution in [0.5, 0.6) is 0 Å². The predicted molar refractivity (Wildman–Crippen MR) is 70.8 cm³/mol. The molecule has 0 spiro atoms. The quantitative estimate of drug-likeness (QED) is 0.822. The lowest BCUT2D eigenvalue weighted by atomic mass is 9.85. The van der Waals surface area contributed by atoms with Crippen LogP contribution >= 0.6 is 0 Å². The first-order valence-corrected chi connectivity index (χ1v) is 7.08. The molecule has 0 bridgehead atoms. The van der Waals surface area contributed by atoms with Gasteiger partial charge >= 0.3 is 6.18 Å². The molecule has 118 valence electrons. The fourth-order valence-corrected chi connectivity index (χ4v) is 2.62. The van der Waals surface area contributed by atoms with Gasteiger partial charge in [0.25, 0.3) is 5.91 Å². The van der Waals surface area contributed by atoms with Gasteiger partial charge in [-0.2, -0.15) is 13.2 Å². The van der Waals surface area contributed by atoms with Gasteiger partial charge < -0.3 is 15.1 Å². The third-order valence-electron chi connectivity index (χ3n) is 3.73. The van der Waals surface area contributed by atoms with E-state index in [1.54, 1.807) is 12.1 Å². The van der Waals surface area contributed by atoms with Crippen LogP contribution in [0.4, 0.5) is 13.2 Å². The van der Waals surface area contributed by atoms with Crippen LogP contribution in [0.25, 0.3) is 0 Å². The fourth-order valence-electron chi connectivity index (χ4n) is 2.62. The van der Waals surface area contributed by atoms with Crippen molar-refractivity contribution in [1.82, 2.24) is 10.6 Å². The number of hydrogen-bond acceptors (Lipinski definition) is 3. The first-order chi connectivity index (χ1) is 9.97. The van der Waals surface area contributed by atoms with Crippen LogP contribution in [-0.2, 0) is 0 Å². The lowest BCUT2D eigenvalue weighted by Gasteiger charge is -2.31. The molecule has 1 aliphatic carbocycles. The van der Waals surface area contributed by atoms with Crippen molar-refractivity contribution in [1.29, 1.82) is 0 Å². The van der Waals surface area contributed by atoms with Gasteiger partial charge in [0.2, 0.25) is 0 Å². The summed E-state index contributed by atoms with van der Waals surface area (Å²) < 4.78 is 42.9. The van der Waals surface area contributed by atoms with Gasteiger partial charge in [-0.15, -0.1) is 0 Å². The minimum atomic E-state index is -4.10. The lowest BCUT2D eigenvalue weighted by molar-refractivity contribution is -0.183. The van der Waals surface area contributed by atoms with E-state index in [1.807, 2.05) is 0 Å². The van der Waals surface area contributed by atoms with Crippen LogP contribution in [0, 0.1) is 5.92 Å². The second-order valence-electron chi connectivity index (χ2n) is 5.29. The first-order valence-electron chi connectivity index (χ1n) is 7.08. The van der Waals surface area contributed by atoms with E-state index in [-0.39, 0.29) is 30.6 Å². The highest BCUT2D eigenvalue weighted by Crippen LogP contribution is 2.37. The van der Waals surface area contributed by atoms with Gasteiger partial charge in [-0.25, -0.2) is 0 Å². The molecule has 7 heteroatoms. The van der Waals surface area contributed by atoms with E-state index >= 15 is 0 Å². The zero-order chi connectivity index (χ0) is 15.3. The van der Waals surface area contributed by atoms with Crippen molar-refractivity contribution < 1.29 is 22.4 Å². The second-order valence-corrected chi connectivity index (χ2v) is 5.29. The Morgan fingerprint density at radius 2 is 2.14 bits per heavy atom. The summed E-state index contributed by atoms with van der Waals surface area (Å²) in [5, 5.41) is 5.73. The van der Waals surface area contributed by atoms with E-state index < -0.39 is 12.1 Å². The average molecular weight is 304 g/mol. The number of carbonyl (C=O) groups is 1. The monoisotopic (exact) mass is 304 g/mol. The van der Waals surface area contributed by atoms with Crippen LogP contribution in [0.3, 0.4) is 0 Å². The van der Waals surface area contributed by atoms with E-state index in [9.17, 15) is 18.0 Å². The summed E-state index contributed by atoms with van der Waals surface area (Å²) in [7, 11) is 0. The molecule has 1 aromatic heterocycles. The Balaban J connectivity index is 1.65. The van der Waals surface area contributed by atoms with E-state index in [2.05, 4.69) is 10.6 Å². The first kappa shape index (κ1) is 15.9. The Morgan fingerprint density at radius 3 is 2.81 bits per heavy atom. The van der Waals surface area contributed by atoms with Crippen molar-refractivity contribution in [2.24, 2.45) is 5.92 Å². The summed E-state index contributed by atoms with van der Waals surface area (Å²) in [6.45, 7) is 0.800. The number of hydrogen-bond donors (Lipinski definition) is 2. The predicted octanol–water partition coefficient (Wildman–Crippen LogP) is 2.72. The molecule has 1 aliphatic rings. The van der Waals surface area contributed by atoms with Gasteiger partial charge in [0.15, 0.2) is 5.76 Å². The summed E-state index contributed by atoms with van der Waals surface area (Å²) in [4.78, 5) is 11.6. The largest absolute Gasteiger partial charge is 0.459 e. The Morgan fingerprint density at radius 1 is 1.33 bits per heavy atom. The number of amides is 1. The maximum atomic E-state index is 12.7. The maximum absolute atomic E-state index is 12.7. The third kappa shape index (κ3) is 4.77. The van der Waals surface area contributed by atoms with Crippen LogP contribution in [-0.4, -0.2) is 31.2 Å². The van der Waals surface area contributed by atoms with Crippen molar-refractivity contribution in [3.63, 3.8) is 0 Å². The molecule has 1 saturated carbocycles. The number of halogens is 3. The SMILES string of the molecule is O=C(NCCN[C@H]1CCC[C@H](C(F)(F)F)C1)c1ccco1. The van der Waals surface area contributed by atoms with E-state index in [0.29, 0.717) is 19.5 Å². The molecule has 0 aliphatic heterocycles. The van der Waals surface area contributed by atoms with Crippen molar-refractivity contribution in [2.45, 2.75) is 37.9 Å². The normalized spacial score (nSPS) is 23.0. The molecule has 2 N–H and O–H groups in total. The molecule has 1 fully saturated rings. The van der Waals surface area contributed by atoms with Crippen LogP contribution in [0.15, 0.2) is 22.8 Å². The fraction of sp³-hybridized carbons (Fsp3) is 0.643. The Kier molecular flexibility index (Phi) is 5.27. The molecular weight excluding hydrogens is 285 g/mol. The molecule has 0 saturated heterocycles. The van der Waals surface area contributed by atoms with Crippen LogP contribution in [0.2, 0.25) is 0 Å². The number of alkyl halides is 3. The van der Waals surface area contributed by atoms with Gasteiger partial charge in [-0.05, 0) is 31.4 Å². The van der Waals surface area contributed by atoms with Crippen molar-refractivity contribution in [3.05, 3.63) is 24.2 Å². The molecule has 21 heavy (non-hydrogen) atoms. The van der Waals surface area contributed by atoms with E-state index in [0.717, 1.165) is 6.42 Å². The molecule has 0 unspecified atom stereocenters. The number of rotatable bonds is 5. The molecule has 4 nitrogen and oxygen atoms in total. The summed E-state index contributed by atoms with van der Waals surface area (Å²) in [5.41, 5.74) is 0. The molecule has 0 aromatic carbocycles. The standard InChI is InChI=1S/C14H19F3N2O2/c15-14(16,17)10-3-1-4-11(9-10)18-6-7-19-13(20)12-5-2-8-21-12/h2,5,8,10-11,18H,1,3-4,6-7,9H2,(H,19,20)/t10-,11-/m0/s1. The van der Waals surface area contributed by atoms with E-state index in [4.69, 9.17) is 4.42 Å². The summed E-state index contributed by atoms with van der Waals surface area (Å²) in [5.74, 6) is -1.30. The van der Waals surface area contributed by atoms with Crippen molar-refractivity contribution in [3.8, 4) is 0 Å². The molecular formula is C14H19F3N2O2. The minimum Gasteiger partial charge on any atom is -0.459 e. The van der Waals surface area contributed by atoms with Crippen molar-refractivity contribution >= 4 is 5.91 Å². The second kappa shape index (κ2) is 6.98. The zero-order valence-electron chi connectivity index (χ0n) is 11.6. The molecule has 2 atom stereocenters. The third-order valence-corrected chi connectivity index (χ3v) is 3.73. The summed E-state index contributed by atoms with van der Waals surface area (Å²) >= 11 is 0. The van der Waals surface area contributed by atoms with Gasteiger partial charge in [-0.3, -0.25) is 4.79 Å². The Bertz CT molecular complexity index is 446. The molecule has 1 heterocycles. The van der Waals surface area contributed by atoms with Crippen LogP contribution < -0.4 is 10.6 Å². The minimum absolute atomic E-state index is 0.121. The van der Waals surface area contributed by atoms with Crippen molar-refractivity contribution in [2.75, 3.05) is 13.1 Å². The summed E-state index contributed by atoms with van der Waals surface area (Å²) in [6, 6.07) is 3.04. The number of furan rings is 1. The molecule has 1 amide bonds. The molecule has 2 rings (SSSR count). The summed E-state index contributed by atoms with van der Waals surface area (Å²) in [6.07, 6.45) is -1.02. The van der Waals surface area contributed by atoms with Gasteiger partial charge in [0, 0.05) is 19.1 Å². The Hall–Kier alpha value is -1.50. The average Bonchev–Trinajstić information content (AvgIpc) is 2.97. The highest BCUT2D eigenvalue weighted by Gasteiger charge is 2.41.